The summed E-state index contributed by atoms with van der Waals surface area (Å²) in [5, 5.41) is 15.2. The number of para-hydroxylation sites is 1. The average Bonchev–Trinajstić information content (AvgIpc) is 3.28. The number of hydrogen-bond donors (Lipinski definition) is 2. The Morgan fingerprint density at radius 3 is 2.92 bits per heavy atom. The van der Waals surface area contributed by atoms with Gasteiger partial charge in [-0.3, -0.25) is 9.80 Å². The summed E-state index contributed by atoms with van der Waals surface area (Å²) in [6.07, 6.45) is 2.98. The van der Waals surface area contributed by atoms with Gasteiger partial charge in [-0.2, -0.15) is 11.3 Å². The van der Waals surface area contributed by atoms with E-state index in [0.717, 1.165) is 39.1 Å². The van der Waals surface area contributed by atoms with Crippen LogP contribution >= 0.6 is 11.3 Å². The molecular weight excluding hydrogens is 330 g/mol. The van der Waals surface area contributed by atoms with Crippen LogP contribution in [0.3, 0.4) is 0 Å². The third kappa shape index (κ3) is 3.80. The van der Waals surface area contributed by atoms with E-state index in [4.69, 9.17) is 0 Å². The molecular formula is C20H25N3OS. The standard InChI is InChI=1S/C20H25N3OS/c24-9-5-18-14-22(7-8-23(18)12-16-6-10-25-15-16)13-17-11-21-20-4-2-1-3-19(17)20/h1-4,6,10-11,15,18,21,24H,5,7-9,12-14H2/t18-/m0/s1. The number of piperazine rings is 1. The summed E-state index contributed by atoms with van der Waals surface area (Å²) in [6, 6.07) is 11.1. The number of thiophene rings is 1. The van der Waals surface area contributed by atoms with Crippen LogP contribution in [0.25, 0.3) is 10.9 Å². The van der Waals surface area contributed by atoms with E-state index >= 15 is 0 Å². The summed E-state index contributed by atoms with van der Waals surface area (Å²) in [5.74, 6) is 0. The first-order valence-corrected chi connectivity index (χ1v) is 9.91. The molecule has 1 saturated heterocycles. The molecule has 5 heteroatoms. The molecule has 132 valence electrons. The highest BCUT2D eigenvalue weighted by Crippen LogP contribution is 2.23. The van der Waals surface area contributed by atoms with Gasteiger partial charge in [-0.25, -0.2) is 0 Å². The Kier molecular flexibility index (Phi) is 5.17. The number of fused-ring (bicyclic) bond motifs is 1. The molecule has 3 heterocycles. The molecule has 1 aliphatic rings. The maximum absolute atomic E-state index is 9.50. The molecule has 1 aromatic carbocycles. The molecule has 1 atom stereocenters. The number of benzene rings is 1. The Hall–Kier alpha value is -1.66. The lowest BCUT2D eigenvalue weighted by Gasteiger charge is -2.41. The number of aromatic amines is 1. The lowest BCUT2D eigenvalue weighted by molar-refractivity contribution is 0.0502. The number of nitrogens with zero attached hydrogens (tertiary/aromatic N) is 2. The molecule has 4 rings (SSSR count). The lowest BCUT2D eigenvalue weighted by atomic mass is 10.1. The third-order valence-corrected chi connectivity index (χ3v) is 5.92. The minimum Gasteiger partial charge on any atom is -0.396 e. The second-order valence-corrected chi connectivity index (χ2v) is 7.64. The maximum Gasteiger partial charge on any atom is 0.0457 e. The molecule has 0 saturated carbocycles. The highest BCUT2D eigenvalue weighted by molar-refractivity contribution is 7.07. The van der Waals surface area contributed by atoms with E-state index in [2.05, 4.69) is 62.1 Å². The molecule has 0 amide bonds. The zero-order valence-corrected chi connectivity index (χ0v) is 15.2. The Morgan fingerprint density at radius 1 is 1.16 bits per heavy atom. The molecule has 0 bridgehead atoms. The summed E-state index contributed by atoms with van der Waals surface area (Å²) < 4.78 is 0. The predicted octanol–water partition coefficient (Wildman–Crippen LogP) is 3.30. The first-order chi connectivity index (χ1) is 12.3. The highest BCUT2D eigenvalue weighted by atomic mass is 32.1. The van der Waals surface area contributed by atoms with Crippen LogP contribution in [0, 0.1) is 0 Å². The van der Waals surface area contributed by atoms with Gasteiger partial charge in [0.05, 0.1) is 0 Å². The van der Waals surface area contributed by atoms with E-state index in [1.807, 2.05) is 0 Å². The van der Waals surface area contributed by atoms with Crippen molar-refractivity contribution in [2.75, 3.05) is 26.2 Å². The Bertz CT molecular complexity index is 798. The molecule has 1 fully saturated rings. The molecule has 0 radical (unpaired) electrons. The van der Waals surface area contributed by atoms with Crippen LogP contribution in [-0.2, 0) is 13.1 Å². The highest BCUT2D eigenvalue weighted by Gasteiger charge is 2.27. The normalized spacial score (nSPS) is 19.6. The van der Waals surface area contributed by atoms with Crippen LogP contribution < -0.4 is 0 Å². The minimum atomic E-state index is 0.256. The van der Waals surface area contributed by atoms with Gasteiger partial charge < -0.3 is 10.1 Å². The average molecular weight is 356 g/mol. The van der Waals surface area contributed by atoms with Gasteiger partial charge >= 0.3 is 0 Å². The van der Waals surface area contributed by atoms with Crippen LogP contribution in [0.2, 0.25) is 0 Å². The lowest BCUT2D eigenvalue weighted by Crippen LogP contribution is -2.52. The topological polar surface area (TPSA) is 42.5 Å². The fraction of sp³-hybridized carbons (Fsp3) is 0.400. The van der Waals surface area contributed by atoms with Gasteiger partial charge in [0.1, 0.15) is 0 Å². The number of aliphatic hydroxyl groups excluding tert-OH is 1. The largest absolute Gasteiger partial charge is 0.396 e. The molecule has 0 unspecified atom stereocenters. The van der Waals surface area contributed by atoms with E-state index in [0.29, 0.717) is 6.04 Å². The van der Waals surface area contributed by atoms with Crippen molar-refractivity contribution in [3.05, 3.63) is 58.4 Å². The number of nitrogens with one attached hydrogen (secondary N) is 1. The monoisotopic (exact) mass is 355 g/mol. The van der Waals surface area contributed by atoms with Crippen molar-refractivity contribution in [2.24, 2.45) is 0 Å². The van der Waals surface area contributed by atoms with Gasteiger partial charge in [0.2, 0.25) is 0 Å². The van der Waals surface area contributed by atoms with Crippen LogP contribution in [0.15, 0.2) is 47.3 Å². The van der Waals surface area contributed by atoms with Crippen LogP contribution in [-0.4, -0.2) is 52.2 Å². The molecule has 25 heavy (non-hydrogen) atoms. The molecule has 2 N–H and O–H groups in total. The van der Waals surface area contributed by atoms with Crippen molar-refractivity contribution in [3.63, 3.8) is 0 Å². The maximum atomic E-state index is 9.50. The third-order valence-electron chi connectivity index (χ3n) is 5.19. The van der Waals surface area contributed by atoms with Gasteiger partial charge in [-0.15, -0.1) is 0 Å². The Balaban J connectivity index is 1.44. The fourth-order valence-electron chi connectivity index (χ4n) is 3.85. The Morgan fingerprint density at radius 2 is 2.08 bits per heavy atom. The van der Waals surface area contributed by atoms with Crippen molar-refractivity contribution in [1.82, 2.24) is 14.8 Å². The minimum absolute atomic E-state index is 0.256. The molecule has 4 nitrogen and oxygen atoms in total. The fourth-order valence-corrected chi connectivity index (χ4v) is 4.51. The van der Waals surface area contributed by atoms with Crippen molar-refractivity contribution in [2.45, 2.75) is 25.6 Å². The van der Waals surface area contributed by atoms with Crippen molar-refractivity contribution in [1.29, 1.82) is 0 Å². The van der Waals surface area contributed by atoms with Crippen LogP contribution in [0.1, 0.15) is 17.5 Å². The smallest absolute Gasteiger partial charge is 0.0457 e. The number of aromatic nitrogens is 1. The van der Waals surface area contributed by atoms with Gasteiger partial charge in [0, 0.05) is 62.5 Å². The first kappa shape index (κ1) is 16.8. The van der Waals surface area contributed by atoms with Crippen molar-refractivity contribution in [3.8, 4) is 0 Å². The van der Waals surface area contributed by atoms with Gasteiger partial charge in [-0.1, -0.05) is 18.2 Å². The second kappa shape index (κ2) is 7.70. The van der Waals surface area contributed by atoms with Crippen LogP contribution in [0.4, 0.5) is 0 Å². The second-order valence-electron chi connectivity index (χ2n) is 6.86. The summed E-state index contributed by atoms with van der Waals surface area (Å²) >= 11 is 1.76. The number of H-pyrrole nitrogens is 1. The van der Waals surface area contributed by atoms with E-state index in [9.17, 15) is 5.11 Å². The summed E-state index contributed by atoms with van der Waals surface area (Å²) in [7, 11) is 0. The van der Waals surface area contributed by atoms with E-state index < -0.39 is 0 Å². The van der Waals surface area contributed by atoms with Gasteiger partial charge in [0.25, 0.3) is 0 Å². The van der Waals surface area contributed by atoms with Gasteiger partial charge in [-0.05, 0) is 40.4 Å². The SMILES string of the molecule is OCC[C@H]1CN(Cc2c[nH]c3ccccc23)CCN1Cc1ccsc1. The summed E-state index contributed by atoms with van der Waals surface area (Å²) in [4.78, 5) is 8.44. The molecule has 2 aromatic heterocycles. The Labute approximate surface area is 152 Å². The predicted molar refractivity (Wildman–Crippen MR) is 104 cm³/mol. The molecule has 0 aliphatic carbocycles. The molecule has 1 aliphatic heterocycles. The quantitative estimate of drug-likeness (QED) is 0.713. The number of aliphatic hydroxyl groups is 1. The zero-order chi connectivity index (χ0) is 17.1. The summed E-state index contributed by atoms with van der Waals surface area (Å²) in [6.45, 7) is 5.37. The van der Waals surface area contributed by atoms with Gasteiger partial charge in [0.15, 0.2) is 0 Å². The van der Waals surface area contributed by atoms with Crippen molar-refractivity contribution >= 4 is 22.2 Å². The molecule has 3 aromatic rings. The number of hydrogen-bond acceptors (Lipinski definition) is 4. The number of rotatable bonds is 6. The van der Waals surface area contributed by atoms with E-state index in [1.54, 1.807) is 11.3 Å². The summed E-state index contributed by atoms with van der Waals surface area (Å²) in [5.41, 5.74) is 3.96. The van der Waals surface area contributed by atoms with Crippen LogP contribution in [0.5, 0.6) is 0 Å². The van der Waals surface area contributed by atoms with E-state index in [-0.39, 0.29) is 6.61 Å². The van der Waals surface area contributed by atoms with Crippen molar-refractivity contribution < 1.29 is 5.11 Å². The van der Waals surface area contributed by atoms with E-state index in [1.165, 1.54) is 22.0 Å². The zero-order valence-electron chi connectivity index (χ0n) is 14.4. The first-order valence-electron chi connectivity index (χ1n) is 8.97. The molecule has 0 spiro atoms.